The molecule has 4 nitrogen and oxygen atoms in total. The zero-order chi connectivity index (χ0) is 15.1. The van der Waals surface area contributed by atoms with Crippen LogP contribution in [-0.2, 0) is 9.53 Å². The molecule has 0 aromatic heterocycles. The number of hydrogen-bond acceptors (Lipinski definition) is 4. The predicted molar refractivity (Wildman–Crippen MR) is 85.2 cm³/mol. The van der Waals surface area contributed by atoms with E-state index in [9.17, 15) is 4.79 Å². The van der Waals surface area contributed by atoms with Crippen LogP contribution >= 0.6 is 0 Å². The highest BCUT2D eigenvalue weighted by Gasteiger charge is 2.25. The van der Waals surface area contributed by atoms with Crippen molar-refractivity contribution in [2.45, 2.75) is 57.9 Å². The fourth-order valence-corrected chi connectivity index (χ4v) is 3.87. The van der Waals surface area contributed by atoms with Crippen molar-refractivity contribution in [2.75, 3.05) is 33.3 Å². The highest BCUT2D eigenvalue weighted by Crippen LogP contribution is 2.24. The topological polar surface area (TPSA) is 41.6 Å². The third kappa shape index (κ3) is 5.95. The van der Waals surface area contributed by atoms with Crippen molar-refractivity contribution < 1.29 is 9.53 Å². The van der Waals surface area contributed by atoms with E-state index in [1.54, 1.807) is 0 Å². The van der Waals surface area contributed by atoms with Gasteiger partial charge in [-0.2, -0.15) is 0 Å². The van der Waals surface area contributed by atoms with E-state index in [2.05, 4.69) is 17.1 Å². The van der Waals surface area contributed by atoms with Gasteiger partial charge in [0.15, 0.2) is 0 Å². The van der Waals surface area contributed by atoms with Gasteiger partial charge in [0.25, 0.3) is 0 Å². The van der Waals surface area contributed by atoms with E-state index in [4.69, 9.17) is 4.74 Å². The van der Waals surface area contributed by atoms with Crippen LogP contribution in [0.4, 0.5) is 0 Å². The third-order valence-corrected chi connectivity index (χ3v) is 5.02. The Morgan fingerprint density at radius 1 is 1.24 bits per heavy atom. The van der Waals surface area contributed by atoms with Gasteiger partial charge in [0.05, 0.1) is 13.5 Å². The molecule has 2 rings (SSSR count). The Bertz CT molecular complexity index is 316. The van der Waals surface area contributed by atoms with Gasteiger partial charge in [-0.1, -0.05) is 26.2 Å². The van der Waals surface area contributed by atoms with Crippen LogP contribution in [-0.4, -0.2) is 50.2 Å². The smallest absolute Gasteiger partial charge is 0.306 e. The average Bonchev–Trinajstić information content (AvgIpc) is 2.51. The Labute approximate surface area is 129 Å². The van der Waals surface area contributed by atoms with Crippen LogP contribution in [0.1, 0.15) is 51.9 Å². The first-order valence-corrected chi connectivity index (χ1v) is 8.70. The minimum Gasteiger partial charge on any atom is -0.469 e. The summed E-state index contributed by atoms with van der Waals surface area (Å²) in [5.41, 5.74) is 0. The molecule has 1 heterocycles. The Morgan fingerprint density at radius 3 is 2.71 bits per heavy atom. The summed E-state index contributed by atoms with van der Waals surface area (Å²) in [6.07, 6.45) is 8.85. The molecule has 0 radical (unpaired) electrons. The molecule has 1 saturated heterocycles. The number of hydrogen-bond donors (Lipinski definition) is 1. The van der Waals surface area contributed by atoms with Crippen molar-refractivity contribution in [3.8, 4) is 0 Å². The van der Waals surface area contributed by atoms with Crippen LogP contribution in [0.15, 0.2) is 0 Å². The van der Waals surface area contributed by atoms with Gasteiger partial charge in [-0.3, -0.25) is 4.79 Å². The summed E-state index contributed by atoms with van der Waals surface area (Å²) in [7, 11) is 1.47. The van der Waals surface area contributed by atoms with Crippen LogP contribution < -0.4 is 5.32 Å². The van der Waals surface area contributed by atoms with Crippen molar-refractivity contribution in [1.82, 2.24) is 10.2 Å². The first-order valence-electron chi connectivity index (χ1n) is 8.70. The Hall–Kier alpha value is -0.610. The monoisotopic (exact) mass is 296 g/mol. The summed E-state index contributed by atoms with van der Waals surface area (Å²) in [5, 5.41) is 3.80. The first kappa shape index (κ1) is 16.8. The second kappa shape index (κ2) is 8.74. The van der Waals surface area contributed by atoms with Gasteiger partial charge in [-0.25, -0.2) is 0 Å². The minimum atomic E-state index is -0.0973. The number of methoxy groups -OCH3 is 1. The van der Waals surface area contributed by atoms with Gasteiger partial charge >= 0.3 is 5.97 Å². The molecule has 0 aromatic rings. The first-order chi connectivity index (χ1) is 10.2. The second-order valence-electron chi connectivity index (χ2n) is 7.04. The predicted octanol–water partition coefficient (Wildman–Crippen LogP) is 2.43. The summed E-state index contributed by atoms with van der Waals surface area (Å²) < 4.78 is 4.74. The highest BCUT2D eigenvalue weighted by atomic mass is 16.5. The Balaban J connectivity index is 1.70. The number of nitrogens with one attached hydrogen (secondary N) is 1. The van der Waals surface area contributed by atoms with Crippen molar-refractivity contribution in [3.63, 3.8) is 0 Å². The fraction of sp³-hybridized carbons (Fsp3) is 0.941. The molecule has 0 spiro atoms. The third-order valence-electron chi connectivity index (χ3n) is 5.02. The molecule has 1 aliphatic carbocycles. The lowest BCUT2D eigenvalue weighted by Gasteiger charge is -2.37. The van der Waals surface area contributed by atoms with Gasteiger partial charge < -0.3 is 15.0 Å². The van der Waals surface area contributed by atoms with Gasteiger partial charge in [-0.05, 0) is 37.6 Å². The minimum absolute atomic E-state index is 0.0973. The van der Waals surface area contributed by atoms with Gasteiger partial charge in [-0.15, -0.1) is 0 Å². The molecular weight excluding hydrogens is 264 g/mol. The van der Waals surface area contributed by atoms with Crippen molar-refractivity contribution in [2.24, 2.45) is 11.8 Å². The molecule has 2 fully saturated rings. The second-order valence-corrected chi connectivity index (χ2v) is 7.04. The van der Waals surface area contributed by atoms with Crippen molar-refractivity contribution in [1.29, 1.82) is 0 Å². The number of rotatable bonds is 6. The van der Waals surface area contributed by atoms with Gasteiger partial charge in [0, 0.05) is 25.7 Å². The van der Waals surface area contributed by atoms with E-state index in [1.807, 2.05) is 0 Å². The Morgan fingerprint density at radius 2 is 2.00 bits per heavy atom. The molecular formula is C17H32N2O2. The lowest BCUT2D eigenvalue weighted by Crippen LogP contribution is -2.50. The largest absolute Gasteiger partial charge is 0.469 e. The van der Waals surface area contributed by atoms with E-state index < -0.39 is 0 Å². The Kier molecular flexibility index (Phi) is 6.97. The molecule has 0 amide bonds. The number of ether oxygens (including phenoxy) is 1. The average molecular weight is 296 g/mol. The molecule has 4 heteroatoms. The zero-order valence-corrected chi connectivity index (χ0v) is 13.8. The summed E-state index contributed by atoms with van der Waals surface area (Å²) in [6, 6.07) is 0.591. The number of piperidine rings is 1. The number of nitrogens with zero attached hydrogens (tertiary/aromatic N) is 1. The molecule has 21 heavy (non-hydrogen) atoms. The number of esters is 1. The zero-order valence-electron chi connectivity index (χ0n) is 13.8. The summed E-state index contributed by atoms with van der Waals surface area (Å²) >= 11 is 0. The van der Waals surface area contributed by atoms with Gasteiger partial charge in [0.2, 0.25) is 0 Å². The van der Waals surface area contributed by atoms with Gasteiger partial charge in [0.1, 0.15) is 0 Å². The lowest BCUT2D eigenvalue weighted by atomic mass is 9.88. The van der Waals surface area contributed by atoms with Crippen LogP contribution in [0.5, 0.6) is 0 Å². The molecule has 1 saturated carbocycles. The van der Waals surface area contributed by atoms with E-state index in [0.717, 1.165) is 25.6 Å². The molecule has 1 aliphatic heterocycles. The standard InChI is InChI=1S/C17H32N2O2/c1-14-10-16(18-11-15-6-4-3-5-7-15)13-19(12-14)9-8-17(20)21-2/h14-16,18H,3-13H2,1-2H3. The summed E-state index contributed by atoms with van der Waals surface area (Å²) in [4.78, 5) is 13.7. The van der Waals surface area contributed by atoms with E-state index in [-0.39, 0.29) is 5.97 Å². The SMILES string of the molecule is COC(=O)CCN1CC(C)CC(NCC2CCCCC2)C1. The molecule has 1 N–H and O–H groups in total. The maximum atomic E-state index is 11.3. The fourth-order valence-electron chi connectivity index (χ4n) is 3.87. The maximum absolute atomic E-state index is 11.3. The summed E-state index contributed by atoms with van der Waals surface area (Å²) in [6.45, 7) is 6.52. The molecule has 2 aliphatic rings. The molecule has 122 valence electrons. The molecule has 0 bridgehead atoms. The number of carbonyl (C=O) groups excluding carboxylic acids is 1. The number of likely N-dealkylation sites (tertiary alicyclic amines) is 1. The van der Waals surface area contributed by atoms with Crippen LogP contribution in [0.2, 0.25) is 0 Å². The van der Waals surface area contributed by atoms with Crippen LogP contribution in [0, 0.1) is 11.8 Å². The quantitative estimate of drug-likeness (QED) is 0.764. The summed E-state index contributed by atoms with van der Waals surface area (Å²) in [5.74, 6) is 1.50. The van der Waals surface area contributed by atoms with E-state index in [0.29, 0.717) is 18.4 Å². The van der Waals surface area contributed by atoms with E-state index in [1.165, 1.54) is 52.2 Å². The van der Waals surface area contributed by atoms with E-state index >= 15 is 0 Å². The number of carbonyl (C=O) groups is 1. The molecule has 0 aromatic carbocycles. The lowest BCUT2D eigenvalue weighted by molar-refractivity contribution is -0.141. The maximum Gasteiger partial charge on any atom is 0.306 e. The normalized spacial score (nSPS) is 28.5. The van der Waals surface area contributed by atoms with Crippen molar-refractivity contribution in [3.05, 3.63) is 0 Å². The van der Waals surface area contributed by atoms with Crippen molar-refractivity contribution >= 4 is 5.97 Å². The molecule has 2 unspecified atom stereocenters. The highest BCUT2D eigenvalue weighted by molar-refractivity contribution is 5.69. The van der Waals surface area contributed by atoms with Crippen LogP contribution in [0.3, 0.4) is 0 Å². The molecule has 2 atom stereocenters. The van der Waals surface area contributed by atoms with Crippen LogP contribution in [0.25, 0.3) is 0 Å².